The molecule has 1 aliphatic carbocycles. The number of ether oxygens (including phenoxy) is 1. The van der Waals surface area contributed by atoms with Gasteiger partial charge >= 0.3 is 6.09 Å². The third-order valence-corrected chi connectivity index (χ3v) is 6.46. The van der Waals surface area contributed by atoms with Crippen LogP contribution in [0.4, 0.5) is 4.79 Å². The zero-order chi connectivity index (χ0) is 27.2. The maximum absolute atomic E-state index is 13.9. The van der Waals surface area contributed by atoms with E-state index in [0.717, 1.165) is 41.5 Å². The fraction of sp³-hybridized carbons (Fsp3) is 0.483. The number of rotatable bonds is 9. The number of hydrogen-bond acceptors (Lipinski definition) is 5. The number of aliphatic hydroxyl groups is 1. The van der Waals surface area contributed by atoms with E-state index in [1.807, 2.05) is 62.4 Å². The zero-order valence-corrected chi connectivity index (χ0v) is 22.4. The molecule has 2 unspecified atom stereocenters. The van der Waals surface area contributed by atoms with Gasteiger partial charge in [-0.15, -0.1) is 0 Å². The molecule has 3 amide bonds. The van der Waals surface area contributed by atoms with Gasteiger partial charge in [-0.05, 0) is 70.6 Å². The number of aryl methyl sites for hydroxylation is 2. The van der Waals surface area contributed by atoms with Crippen LogP contribution in [0.2, 0.25) is 0 Å². The summed E-state index contributed by atoms with van der Waals surface area (Å²) in [5.41, 5.74) is 2.74. The van der Waals surface area contributed by atoms with Crippen molar-refractivity contribution in [3.63, 3.8) is 0 Å². The minimum absolute atomic E-state index is 0.186. The number of nitrogens with zero attached hydrogens (tertiary/aromatic N) is 1. The van der Waals surface area contributed by atoms with Crippen molar-refractivity contribution in [1.82, 2.24) is 15.5 Å². The molecule has 0 aliphatic heterocycles. The van der Waals surface area contributed by atoms with Gasteiger partial charge in [0.15, 0.2) is 0 Å². The highest BCUT2D eigenvalue weighted by atomic mass is 16.6. The number of benzene rings is 2. The summed E-state index contributed by atoms with van der Waals surface area (Å²) in [5, 5.41) is 15.6. The number of carbonyl (C=O) groups is 3. The van der Waals surface area contributed by atoms with Gasteiger partial charge in [-0.3, -0.25) is 9.59 Å². The number of alkyl carbamates (subject to hydrolysis) is 1. The minimum atomic E-state index is -1.25. The topological polar surface area (TPSA) is 108 Å². The first kappa shape index (κ1) is 28.2. The van der Waals surface area contributed by atoms with Crippen molar-refractivity contribution in [2.24, 2.45) is 0 Å². The van der Waals surface area contributed by atoms with Crippen LogP contribution in [0, 0.1) is 13.8 Å². The fourth-order valence-corrected chi connectivity index (χ4v) is 4.35. The molecular formula is C29H39N3O5. The summed E-state index contributed by atoms with van der Waals surface area (Å²) in [6.45, 7) is 8.71. The second kappa shape index (κ2) is 12.2. The molecule has 2 aromatic carbocycles. The van der Waals surface area contributed by atoms with E-state index in [9.17, 15) is 19.5 Å². The number of hydrogen-bond donors (Lipinski definition) is 3. The Morgan fingerprint density at radius 1 is 1.08 bits per heavy atom. The molecule has 3 N–H and O–H groups in total. The third kappa shape index (κ3) is 7.55. The van der Waals surface area contributed by atoms with Crippen LogP contribution in [0.5, 0.6) is 0 Å². The molecule has 8 nitrogen and oxygen atoms in total. The number of nitrogens with one attached hydrogen (secondary N) is 2. The third-order valence-electron chi connectivity index (χ3n) is 6.46. The zero-order valence-electron chi connectivity index (χ0n) is 22.4. The molecule has 1 fully saturated rings. The Kier molecular flexibility index (Phi) is 9.32. The molecule has 0 bridgehead atoms. The van der Waals surface area contributed by atoms with Gasteiger partial charge in [0.25, 0.3) is 0 Å². The van der Waals surface area contributed by atoms with E-state index in [4.69, 9.17) is 4.74 Å². The maximum Gasteiger partial charge on any atom is 0.408 e. The molecule has 2 atom stereocenters. The summed E-state index contributed by atoms with van der Waals surface area (Å²) in [6.07, 6.45) is 1.61. The average Bonchev–Trinajstić information content (AvgIpc) is 2.80. The van der Waals surface area contributed by atoms with E-state index in [2.05, 4.69) is 10.6 Å². The highest BCUT2D eigenvalue weighted by molar-refractivity contribution is 5.92. The Labute approximate surface area is 219 Å². The van der Waals surface area contributed by atoms with Crippen molar-refractivity contribution in [1.29, 1.82) is 0 Å². The van der Waals surface area contributed by atoms with Crippen LogP contribution in [-0.2, 0) is 20.9 Å². The van der Waals surface area contributed by atoms with E-state index >= 15 is 0 Å². The fourth-order valence-electron chi connectivity index (χ4n) is 4.35. The molecule has 0 spiro atoms. The van der Waals surface area contributed by atoms with Gasteiger partial charge in [-0.1, -0.05) is 54.1 Å². The molecule has 8 heteroatoms. The van der Waals surface area contributed by atoms with Gasteiger partial charge < -0.3 is 25.4 Å². The van der Waals surface area contributed by atoms with Crippen molar-refractivity contribution >= 4 is 17.9 Å². The average molecular weight is 510 g/mol. The summed E-state index contributed by atoms with van der Waals surface area (Å²) < 4.78 is 5.30. The van der Waals surface area contributed by atoms with E-state index < -0.39 is 36.3 Å². The summed E-state index contributed by atoms with van der Waals surface area (Å²) in [6, 6.07) is 13.1. The first-order chi connectivity index (χ1) is 17.5. The monoisotopic (exact) mass is 509 g/mol. The predicted molar refractivity (Wildman–Crippen MR) is 142 cm³/mol. The predicted octanol–water partition coefficient (Wildman–Crippen LogP) is 3.93. The van der Waals surface area contributed by atoms with E-state index in [1.54, 1.807) is 25.7 Å². The lowest BCUT2D eigenvalue weighted by Gasteiger charge is -2.43. The quantitative estimate of drug-likeness (QED) is 0.475. The standard InChI is InChI=1S/C29H39N3O5/c1-19-14-15-20(2)23(16-19)25(26(34)30-17-21-10-7-6-8-11-21)32(22-12-9-13-22)27(35)24(18-33)31-28(36)37-29(3,4)5/h6-8,10-11,14-16,22,24-25,33H,9,12-13,17-18H2,1-5H3,(H,30,34)(H,31,36). The van der Waals surface area contributed by atoms with Crippen LogP contribution in [0.15, 0.2) is 48.5 Å². The van der Waals surface area contributed by atoms with Gasteiger partial charge in [0.1, 0.15) is 17.7 Å². The Morgan fingerprint density at radius 2 is 1.76 bits per heavy atom. The lowest BCUT2D eigenvalue weighted by atomic mass is 9.87. The maximum atomic E-state index is 13.9. The van der Waals surface area contributed by atoms with Crippen LogP contribution in [-0.4, -0.2) is 52.2 Å². The number of carbonyl (C=O) groups excluding carboxylic acids is 3. The lowest BCUT2D eigenvalue weighted by molar-refractivity contribution is -0.148. The van der Waals surface area contributed by atoms with Crippen LogP contribution < -0.4 is 10.6 Å². The van der Waals surface area contributed by atoms with Crippen LogP contribution in [0.1, 0.15) is 68.3 Å². The molecule has 3 rings (SSSR count). The minimum Gasteiger partial charge on any atom is -0.444 e. The summed E-state index contributed by atoms with van der Waals surface area (Å²) in [4.78, 5) is 41.7. The SMILES string of the molecule is Cc1ccc(C)c(C(C(=O)NCc2ccccc2)N(C(=O)C(CO)NC(=O)OC(C)(C)C)C2CCC2)c1. The molecule has 0 heterocycles. The van der Waals surface area contributed by atoms with E-state index in [-0.39, 0.29) is 11.9 Å². The van der Waals surface area contributed by atoms with Gasteiger partial charge in [0.2, 0.25) is 11.8 Å². The first-order valence-corrected chi connectivity index (χ1v) is 12.8. The molecule has 0 radical (unpaired) electrons. The van der Waals surface area contributed by atoms with E-state index in [0.29, 0.717) is 6.54 Å². The van der Waals surface area contributed by atoms with Crippen LogP contribution >= 0.6 is 0 Å². The summed E-state index contributed by atoms with van der Waals surface area (Å²) in [5.74, 6) is -0.828. The van der Waals surface area contributed by atoms with Gasteiger partial charge in [0.05, 0.1) is 6.61 Å². The summed E-state index contributed by atoms with van der Waals surface area (Å²) >= 11 is 0. The van der Waals surface area contributed by atoms with Crippen molar-refractivity contribution in [3.05, 3.63) is 70.8 Å². The van der Waals surface area contributed by atoms with Crippen LogP contribution in [0.3, 0.4) is 0 Å². The van der Waals surface area contributed by atoms with Gasteiger partial charge in [-0.25, -0.2) is 4.79 Å². The molecule has 0 saturated heterocycles. The Bertz CT molecular complexity index is 1090. The molecule has 1 aliphatic rings. The highest BCUT2D eigenvalue weighted by Gasteiger charge is 2.42. The Hall–Kier alpha value is -3.39. The molecule has 37 heavy (non-hydrogen) atoms. The molecular weight excluding hydrogens is 470 g/mol. The molecule has 0 aromatic heterocycles. The molecule has 200 valence electrons. The van der Waals surface area contributed by atoms with Crippen molar-refractivity contribution < 1.29 is 24.2 Å². The smallest absolute Gasteiger partial charge is 0.408 e. The van der Waals surface area contributed by atoms with Gasteiger partial charge in [-0.2, -0.15) is 0 Å². The highest BCUT2D eigenvalue weighted by Crippen LogP contribution is 2.35. The normalized spacial score (nSPS) is 15.2. The second-order valence-electron chi connectivity index (χ2n) is 10.7. The Balaban J connectivity index is 1.96. The van der Waals surface area contributed by atoms with Crippen LogP contribution in [0.25, 0.3) is 0 Å². The molecule has 2 aromatic rings. The molecule has 1 saturated carbocycles. The van der Waals surface area contributed by atoms with Crippen molar-refractivity contribution in [3.8, 4) is 0 Å². The number of amides is 3. The Morgan fingerprint density at radius 3 is 2.32 bits per heavy atom. The lowest BCUT2D eigenvalue weighted by Crippen LogP contribution is -2.58. The van der Waals surface area contributed by atoms with E-state index in [1.165, 1.54) is 0 Å². The van der Waals surface area contributed by atoms with Gasteiger partial charge in [0, 0.05) is 12.6 Å². The van der Waals surface area contributed by atoms with Crippen molar-refractivity contribution in [2.45, 2.75) is 84.2 Å². The second-order valence-corrected chi connectivity index (χ2v) is 10.7. The number of aliphatic hydroxyl groups excluding tert-OH is 1. The first-order valence-electron chi connectivity index (χ1n) is 12.8. The summed E-state index contributed by atoms with van der Waals surface area (Å²) in [7, 11) is 0. The largest absolute Gasteiger partial charge is 0.444 e. The van der Waals surface area contributed by atoms with Crippen molar-refractivity contribution in [2.75, 3.05) is 6.61 Å².